The second kappa shape index (κ2) is 5.84. The van der Waals surface area contributed by atoms with Crippen molar-refractivity contribution in [2.75, 3.05) is 0 Å². The molecule has 0 radical (unpaired) electrons. The van der Waals surface area contributed by atoms with Gasteiger partial charge in [-0.3, -0.25) is 4.79 Å². The highest BCUT2D eigenvalue weighted by atomic mass is 32.1. The van der Waals surface area contributed by atoms with Crippen molar-refractivity contribution in [3.05, 3.63) is 63.4 Å². The smallest absolute Gasteiger partial charge is 0.244 e. The number of rotatable bonds is 3. The van der Waals surface area contributed by atoms with Gasteiger partial charge in [-0.2, -0.15) is 0 Å². The van der Waals surface area contributed by atoms with Gasteiger partial charge in [-0.15, -0.1) is 11.3 Å². The monoisotopic (exact) mass is 299 g/mol. The lowest BCUT2D eigenvalue weighted by Gasteiger charge is -2.16. The van der Waals surface area contributed by atoms with Crippen LogP contribution in [-0.2, 0) is 11.2 Å². The highest BCUT2D eigenvalue weighted by Crippen LogP contribution is 2.31. The topological polar surface area (TPSA) is 49.3 Å². The minimum absolute atomic E-state index is 0.179. The van der Waals surface area contributed by atoms with Crippen molar-refractivity contribution in [1.82, 2.24) is 5.32 Å². The largest absolute Gasteiger partial charge is 0.390 e. The quantitative estimate of drug-likeness (QED) is 0.856. The van der Waals surface area contributed by atoms with Crippen molar-refractivity contribution in [1.29, 1.82) is 0 Å². The Hall–Kier alpha value is -1.91. The standard InChI is InChI=1S/C17H17NO2S/c1-11-6-7-13(21-11)8-9-16(20)18-17-14-5-3-2-4-12(14)10-15(17)19/h2-9,15,17,19H,10H2,1H3,(H,18,20)/b9-8+. The first-order valence-electron chi connectivity index (χ1n) is 6.94. The molecular formula is C17H17NO2S. The molecular weight excluding hydrogens is 282 g/mol. The lowest BCUT2D eigenvalue weighted by atomic mass is 10.1. The van der Waals surface area contributed by atoms with E-state index in [0.29, 0.717) is 6.42 Å². The van der Waals surface area contributed by atoms with Gasteiger partial charge in [0, 0.05) is 22.3 Å². The second-order valence-corrected chi connectivity index (χ2v) is 6.56. The van der Waals surface area contributed by atoms with E-state index in [2.05, 4.69) is 5.32 Å². The van der Waals surface area contributed by atoms with Crippen LogP contribution < -0.4 is 5.32 Å². The first-order valence-corrected chi connectivity index (χ1v) is 7.76. The zero-order valence-corrected chi connectivity index (χ0v) is 12.6. The van der Waals surface area contributed by atoms with Gasteiger partial charge in [0.25, 0.3) is 0 Å². The summed E-state index contributed by atoms with van der Waals surface area (Å²) in [5.74, 6) is -0.179. The predicted octanol–water partition coefficient (Wildman–Crippen LogP) is 2.84. The molecule has 2 atom stereocenters. The Morgan fingerprint density at radius 1 is 1.33 bits per heavy atom. The van der Waals surface area contributed by atoms with Gasteiger partial charge in [0.15, 0.2) is 0 Å². The third-order valence-electron chi connectivity index (χ3n) is 3.66. The zero-order valence-electron chi connectivity index (χ0n) is 11.7. The van der Waals surface area contributed by atoms with E-state index in [0.717, 1.165) is 16.0 Å². The van der Waals surface area contributed by atoms with Crippen LogP contribution >= 0.6 is 11.3 Å². The van der Waals surface area contributed by atoms with Crippen molar-refractivity contribution in [3.63, 3.8) is 0 Å². The molecule has 3 rings (SSSR count). The van der Waals surface area contributed by atoms with Gasteiger partial charge in [-0.25, -0.2) is 0 Å². The fourth-order valence-electron chi connectivity index (χ4n) is 2.65. The lowest BCUT2D eigenvalue weighted by Crippen LogP contribution is -2.32. The van der Waals surface area contributed by atoms with E-state index in [1.54, 1.807) is 17.4 Å². The number of carbonyl (C=O) groups is 1. The maximum atomic E-state index is 12.0. The van der Waals surface area contributed by atoms with Crippen LogP contribution in [0.1, 0.15) is 26.9 Å². The van der Waals surface area contributed by atoms with Gasteiger partial charge in [0.2, 0.25) is 5.91 Å². The summed E-state index contributed by atoms with van der Waals surface area (Å²) < 4.78 is 0. The Morgan fingerprint density at radius 3 is 2.90 bits per heavy atom. The van der Waals surface area contributed by atoms with Crippen LogP contribution in [0.5, 0.6) is 0 Å². The number of carbonyl (C=O) groups excluding carboxylic acids is 1. The molecule has 21 heavy (non-hydrogen) atoms. The van der Waals surface area contributed by atoms with Gasteiger partial charge in [-0.1, -0.05) is 24.3 Å². The van der Waals surface area contributed by atoms with E-state index < -0.39 is 6.10 Å². The summed E-state index contributed by atoms with van der Waals surface area (Å²) in [5, 5.41) is 13.0. The summed E-state index contributed by atoms with van der Waals surface area (Å²) in [6, 6.07) is 11.5. The summed E-state index contributed by atoms with van der Waals surface area (Å²) in [5.41, 5.74) is 2.12. The molecule has 0 bridgehead atoms. The highest BCUT2D eigenvalue weighted by Gasteiger charge is 2.31. The molecule has 2 aromatic rings. The molecule has 1 heterocycles. The second-order valence-electron chi connectivity index (χ2n) is 5.24. The predicted molar refractivity (Wildman–Crippen MR) is 85.1 cm³/mol. The fraction of sp³-hybridized carbons (Fsp3) is 0.235. The summed E-state index contributed by atoms with van der Waals surface area (Å²) in [7, 11) is 0. The fourth-order valence-corrected chi connectivity index (χ4v) is 3.43. The average Bonchev–Trinajstić information content (AvgIpc) is 3.01. The highest BCUT2D eigenvalue weighted by molar-refractivity contribution is 7.12. The average molecular weight is 299 g/mol. The number of amides is 1. The van der Waals surface area contributed by atoms with Crippen molar-refractivity contribution in [2.45, 2.75) is 25.5 Å². The SMILES string of the molecule is Cc1ccc(/C=C/C(=O)NC2c3ccccc3CC2O)s1. The third kappa shape index (κ3) is 3.06. The van der Waals surface area contributed by atoms with Crippen molar-refractivity contribution < 1.29 is 9.90 Å². The van der Waals surface area contributed by atoms with E-state index in [9.17, 15) is 9.90 Å². The van der Waals surface area contributed by atoms with Crippen LogP contribution in [0, 0.1) is 6.92 Å². The molecule has 0 saturated carbocycles. The number of benzene rings is 1. The molecule has 3 nitrogen and oxygen atoms in total. The molecule has 1 aliphatic rings. The van der Waals surface area contributed by atoms with Gasteiger partial charge in [-0.05, 0) is 36.3 Å². The Balaban J connectivity index is 1.69. The molecule has 1 aromatic carbocycles. The van der Waals surface area contributed by atoms with Crippen LogP contribution in [0.15, 0.2) is 42.5 Å². The van der Waals surface area contributed by atoms with E-state index in [1.165, 1.54) is 11.0 Å². The molecule has 1 amide bonds. The number of aliphatic hydroxyl groups is 1. The minimum Gasteiger partial charge on any atom is -0.390 e. The van der Waals surface area contributed by atoms with Gasteiger partial charge < -0.3 is 10.4 Å². The van der Waals surface area contributed by atoms with Gasteiger partial charge in [0.1, 0.15) is 0 Å². The van der Waals surface area contributed by atoms with Gasteiger partial charge >= 0.3 is 0 Å². The molecule has 0 spiro atoms. The minimum atomic E-state index is -0.552. The van der Waals surface area contributed by atoms with Crippen LogP contribution in [0.3, 0.4) is 0 Å². The van der Waals surface area contributed by atoms with Crippen LogP contribution in [0.25, 0.3) is 6.08 Å². The zero-order chi connectivity index (χ0) is 14.8. The normalized spacial score (nSPS) is 20.7. The molecule has 108 valence electrons. The van der Waals surface area contributed by atoms with Gasteiger partial charge in [0.05, 0.1) is 12.1 Å². The summed E-state index contributed by atoms with van der Waals surface area (Å²) >= 11 is 1.65. The summed E-state index contributed by atoms with van der Waals surface area (Å²) in [6.07, 6.45) is 3.37. The van der Waals surface area contributed by atoms with Crippen LogP contribution in [0.4, 0.5) is 0 Å². The maximum Gasteiger partial charge on any atom is 0.244 e. The summed E-state index contributed by atoms with van der Waals surface area (Å²) in [6.45, 7) is 2.04. The number of hydrogen-bond acceptors (Lipinski definition) is 3. The van der Waals surface area contributed by atoms with E-state index in [-0.39, 0.29) is 11.9 Å². The van der Waals surface area contributed by atoms with Crippen molar-refractivity contribution in [3.8, 4) is 0 Å². The molecule has 0 fully saturated rings. The number of hydrogen-bond donors (Lipinski definition) is 2. The Bertz CT molecular complexity index is 690. The molecule has 1 aromatic heterocycles. The van der Waals surface area contributed by atoms with E-state index >= 15 is 0 Å². The van der Waals surface area contributed by atoms with Crippen molar-refractivity contribution in [2.24, 2.45) is 0 Å². The lowest BCUT2D eigenvalue weighted by molar-refractivity contribution is -0.117. The van der Waals surface area contributed by atoms with Crippen molar-refractivity contribution >= 4 is 23.3 Å². The number of fused-ring (bicyclic) bond motifs is 1. The van der Waals surface area contributed by atoms with Crippen LogP contribution in [-0.4, -0.2) is 17.1 Å². The first-order chi connectivity index (χ1) is 10.1. The Morgan fingerprint density at radius 2 is 2.14 bits per heavy atom. The maximum absolute atomic E-state index is 12.0. The van der Waals surface area contributed by atoms with E-state index in [1.807, 2.05) is 43.3 Å². The number of aryl methyl sites for hydroxylation is 1. The molecule has 2 N–H and O–H groups in total. The summed E-state index contributed by atoms with van der Waals surface area (Å²) in [4.78, 5) is 14.3. The Kier molecular flexibility index (Phi) is 3.90. The third-order valence-corrected chi connectivity index (χ3v) is 4.63. The number of thiophene rings is 1. The first kappa shape index (κ1) is 14.0. The molecule has 0 saturated heterocycles. The number of nitrogens with one attached hydrogen (secondary N) is 1. The Labute approximate surface area is 127 Å². The number of aliphatic hydroxyl groups excluding tert-OH is 1. The molecule has 2 unspecified atom stereocenters. The van der Waals surface area contributed by atoms with Crippen LogP contribution in [0.2, 0.25) is 0 Å². The molecule has 1 aliphatic carbocycles. The molecule has 4 heteroatoms. The van der Waals surface area contributed by atoms with E-state index in [4.69, 9.17) is 0 Å². The molecule has 0 aliphatic heterocycles.